The molecule has 0 unspecified atom stereocenters. The summed E-state index contributed by atoms with van der Waals surface area (Å²) >= 11 is 0. The molecule has 0 aliphatic carbocycles. The highest BCUT2D eigenvalue weighted by Crippen LogP contribution is 2.31. The lowest BCUT2D eigenvalue weighted by Gasteiger charge is -2.13. The first-order valence-electron chi connectivity index (χ1n) is 6.69. The molecule has 0 saturated heterocycles. The van der Waals surface area contributed by atoms with Crippen LogP contribution in [-0.2, 0) is 4.79 Å². The summed E-state index contributed by atoms with van der Waals surface area (Å²) in [6, 6.07) is 8.92. The summed E-state index contributed by atoms with van der Waals surface area (Å²) in [4.78, 5) is 12.0. The van der Waals surface area contributed by atoms with Gasteiger partial charge in [0.25, 0.3) is 0 Å². The van der Waals surface area contributed by atoms with Crippen LogP contribution in [0.4, 0.5) is 0 Å². The van der Waals surface area contributed by atoms with E-state index in [4.69, 9.17) is 14.2 Å². The standard InChI is InChI=1S/C16H19NO4/c1-12(17-8-4-5-9-17)10-16(18)21-13-6-7-14(19-2)15(11-13)20-3/h4-9,11-12H,10H2,1-3H3/t12-/m1/s1. The van der Waals surface area contributed by atoms with Crippen LogP contribution in [0.15, 0.2) is 42.7 Å². The minimum atomic E-state index is -0.289. The van der Waals surface area contributed by atoms with Crippen molar-refractivity contribution < 1.29 is 19.0 Å². The molecular weight excluding hydrogens is 270 g/mol. The Bertz CT molecular complexity index is 592. The van der Waals surface area contributed by atoms with E-state index in [1.807, 2.05) is 36.0 Å². The Morgan fingerprint density at radius 1 is 1.14 bits per heavy atom. The van der Waals surface area contributed by atoms with Crippen molar-refractivity contribution in [2.45, 2.75) is 19.4 Å². The summed E-state index contributed by atoms with van der Waals surface area (Å²) in [6.45, 7) is 1.97. The predicted octanol–water partition coefficient (Wildman–Crippen LogP) is 3.06. The van der Waals surface area contributed by atoms with Crippen molar-refractivity contribution in [1.29, 1.82) is 0 Å². The maximum atomic E-state index is 12.0. The third-order valence-corrected chi connectivity index (χ3v) is 3.19. The van der Waals surface area contributed by atoms with Gasteiger partial charge >= 0.3 is 5.97 Å². The summed E-state index contributed by atoms with van der Waals surface area (Å²) < 4.78 is 17.6. The summed E-state index contributed by atoms with van der Waals surface area (Å²) in [5, 5.41) is 0. The van der Waals surface area contributed by atoms with E-state index in [2.05, 4.69) is 0 Å². The van der Waals surface area contributed by atoms with Crippen LogP contribution in [0.3, 0.4) is 0 Å². The molecule has 0 aliphatic heterocycles. The second kappa shape index (κ2) is 6.83. The highest BCUT2D eigenvalue weighted by molar-refractivity contribution is 5.73. The number of hydrogen-bond acceptors (Lipinski definition) is 4. The van der Waals surface area contributed by atoms with Crippen LogP contribution in [0.5, 0.6) is 17.2 Å². The molecule has 1 aromatic carbocycles. The minimum absolute atomic E-state index is 0.0487. The monoisotopic (exact) mass is 289 g/mol. The number of aromatic nitrogens is 1. The average Bonchev–Trinajstić information content (AvgIpc) is 3.01. The first-order chi connectivity index (χ1) is 10.1. The highest BCUT2D eigenvalue weighted by Gasteiger charge is 2.13. The number of carbonyl (C=O) groups is 1. The molecule has 5 heteroatoms. The molecule has 0 saturated carbocycles. The molecule has 1 atom stereocenters. The van der Waals surface area contributed by atoms with E-state index in [1.165, 1.54) is 7.11 Å². The largest absolute Gasteiger partial charge is 0.493 e. The summed E-state index contributed by atoms with van der Waals surface area (Å²) in [5.74, 6) is 1.28. The quantitative estimate of drug-likeness (QED) is 0.606. The van der Waals surface area contributed by atoms with E-state index in [0.29, 0.717) is 23.7 Å². The van der Waals surface area contributed by atoms with Crippen molar-refractivity contribution in [2.75, 3.05) is 14.2 Å². The molecule has 0 amide bonds. The molecule has 0 aliphatic rings. The zero-order chi connectivity index (χ0) is 15.2. The van der Waals surface area contributed by atoms with E-state index < -0.39 is 0 Å². The molecule has 0 spiro atoms. The van der Waals surface area contributed by atoms with Gasteiger partial charge in [-0.05, 0) is 31.2 Å². The van der Waals surface area contributed by atoms with Gasteiger partial charge in [0, 0.05) is 24.5 Å². The number of carbonyl (C=O) groups excluding carboxylic acids is 1. The average molecular weight is 289 g/mol. The van der Waals surface area contributed by atoms with Gasteiger partial charge in [-0.15, -0.1) is 0 Å². The molecular formula is C16H19NO4. The van der Waals surface area contributed by atoms with Crippen molar-refractivity contribution in [1.82, 2.24) is 4.57 Å². The Morgan fingerprint density at radius 2 is 1.81 bits per heavy atom. The molecule has 1 heterocycles. The molecule has 0 bridgehead atoms. The maximum absolute atomic E-state index is 12.0. The van der Waals surface area contributed by atoms with Gasteiger partial charge in [-0.3, -0.25) is 4.79 Å². The Labute approximate surface area is 124 Å². The van der Waals surface area contributed by atoms with Crippen molar-refractivity contribution in [3.63, 3.8) is 0 Å². The van der Waals surface area contributed by atoms with Crippen molar-refractivity contribution in [3.05, 3.63) is 42.7 Å². The topological polar surface area (TPSA) is 49.7 Å². The maximum Gasteiger partial charge on any atom is 0.313 e. The lowest BCUT2D eigenvalue weighted by atomic mass is 10.2. The van der Waals surface area contributed by atoms with Gasteiger partial charge in [-0.1, -0.05) is 0 Å². The SMILES string of the molecule is COc1ccc(OC(=O)C[C@@H](C)n2cccc2)cc1OC. The van der Waals surface area contributed by atoms with E-state index in [-0.39, 0.29) is 12.0 Å². The van der Waals surface area contributed by atoms with Crippen LogP contribution in [0.25, 0.3) is 0 Å². The van der Waals surface area contributed by atoms with Gasteiger partial charge < -0.3 is 18.8 Å². The molecule has 0 fully saturated rings. The minimum Gasteiger partial charge on any atom is -0.493 e. The second-order valence-corrected chi connectivity index (χ2v) is 4.67. The van der Waals surface area contributed by atoms with E-state index in [0.717, 1.165) is 0 Å². The zero-order valence-electron chi connectivity index (χ0n) is 12.4. The Morgan fingerprint density at radius 3 is 2.43 bits per heavy atom. The number of esters is 1. The van der Waals surface area contributed by atoms with Gasteiger partial charge in [0.05, 0.1) is 20.6 Å². The number of nitrogens with zero attached hydrogens (tertiary/aromatic N) is 1. The number of benzene rings is 1. The molecule has 2 aromatic rings. The fourth-order valence-electron chi connectivity index (χ4n) is 2.04. The molecule has 5 nitrogen and oxygen atoms in total. The van der Waals surface area contributed by atoms with Gasteiger partial charge in [0.1, 0.15) is 5.75 Å². The van der Waals surface area contributed by atoms with Gasteiger partial charge in [0.15, 0.2) is 11.5 Å². The molecule has 0 radical (unpaired) electrons. The molecule has 2 rings (SSSR count). The van der Waals surface area contributed by atoms with Gasteiger partial charge in [-0.2, -0.15) is 0 Å². The summed E-state index contributed by atoms with van der Waals surface area (Å²) in [6.07, 6.45) is 4.14. The second-order valence-electron chi connectivity index (χ2n) is 4.67. The lowest BCUT2D eigenvalue weighted by molar-refractivity contribution is -0.135. The first-order valence-corrected chi connectivity index (χ1v) is 6.69. The Kier molecular flexibility index (Phi) is 4.87. The van der Waals surface area contributed by atoms with Crippen LogP contribution < -0.4 is 14.2 Å². The van der Waals surface area contributed by atoms with Crippen LogP contribution in [0, 0.1) is 0 Å². The lowest BCUT2D eigenvalue weighted by Crippen LogP contribution is -2.14. The molecule has 1 aromatic heterocycles. The van der Waals surface area contributed by atoms with Crippen LogP contribution >= 0.6 is 0 Å². The third kappa shape index (κ3) is 3.78. The number of rotatable bonds is 6. The zero-order valence-corrected chi connectivity index (χ0v) is 12.4. The van der Waals surface area contributed by atoms with Gasteiger partial charge in [0.2, 0.25) is 0 Å². The van der Waals surface area contributed by atoms with Crippen molar-refractivity contribution >= 4 is 5.97 Å². The van der Waals surface area contributed by atoms with E-state index >= 15 is 0 Å². The predicted molar refractivity (Wildman–Crippen MR) is 78.9 cm³/mol. The normalized spacial score (nSPS) is 11.8. The van der Waals surface area contributed by atoms with Crippen molar-refractivity contribution in [3.8, 4) is 17.2 Å². The highest BCUT2D eigenvalue weighted by atomic mass is 16.5. The molecule has 21 heavy (non-hydrogen) atoms. The van der Waals surface area contributed by atoms with Crippen molar-refractivity contribution in [2.24, 2.45) is 0 Å². The smallest absolute Gasteiger partial charge is 0.313 e. The molecule has 0 N–H and O–H groups in total. The summed E-state index contributed by atoms with van der Waals surface area (Å²) in [7, 11) is 3.10. The fraction of sp³-hybridized carbons (Fsp3) is 0.312. The van der Waals surface area contributed by atoms with E-state index in [1.54, 1.807) is 25.3 Å². The van der Waals surface area contributed by atoms with Crippen LogP contribution in [0.2, 0.25) is 0 Å². The number of ether oxygens (including phenoxy) is 3. The number of hydrogen-bond donors (Lipinski definition) is 0. The van der Waals surface area contributed by atoms with Gasteiger partial charge in [-0.25, -0.2) is 0 Å². The molecule has 112 valence electrons. The Hall–Kier alpha value is -2.43. The first kappa shape index (κ1) is 15.0. The number of methoxy groups -OCH3 is 2. The summed E-state index contributed by atoms with van der Waals surface area (Å²) in [5.41, 5.74) is 0. The third-order valence-electron chi connectivity index (χ3n) is 3.19. The Balaban J connectivity index is 1.99. The van der Waals surface area contributed by atoms with Crippen LogP contribution in [-0.4, -0.2) is 24.8 Å². The van der Waals surface area contributed by atoms with Crippen LogP contribution in [0.1, 0.15) is 19.4 Å². The fourth-order valence-corrected chi connectivity index (χ4v) is 2.04. The van der Waals surface area contributed by atoms with E-state index in [9.17, 15) is 4.79 Å².